The van der Waals surface area contributed by atoms with Gasteiger partial charge in [-0.15, -0.1) is 0 Å². The van der Waals surface area contributed by atoms with E-state index in [0.29, 0.717) is 33.3 Å². The lowest BCUT2D eigenvalue weighted by molar-refractivity contribution is 0.0949. The van der Waals surface area contributed by atoms with Gasteiger partial charge in [-0.05, 0) is 29.8 Å². The van der Waals surface area contributed by atoms with Gasteiger partial charge >= 0.3 is 0 Å². The third-order valence-electron chi connectivity index (χ3n) is 3.90. The fraction of sp³-hybridized carbons (Fsp3) is 0.0476. The Bertz CT molecular complexity index is 938. The first-order valence-electron chi connectivity index (χ1n) is 7.96. The molecule has 1 N–H and O–H groups in total. The summed E-state index contributed by atoms with van der Waals surface area (Å²) in [5, 5.41) is 3.85. The van der Waals surface area contributed by atoms with E-state index in [2.05, 4.69) is 5.32 Å². The molecule has 0 spiro atoms. The zero-order chi connectivity index (χ0) is 18.5. The maximum absolute atomic E-state index is 12.4. The molecule has 0 aliphatic rings. The van der Waals surface area contributed by atoms with Crippen molar-refractivity contribution < 1.29 is 9.59 Å². The van der Waals surface area contributed by atoms with Crippen LogP contribution < -0.4 is 5.32 Å². The summed E-state index contributed by atoms with van der Waals surface area (Å²) < 4.78 is 0. The second-order valence-corrected chi connectivity index (χ2v) is 6.53. The zero-order valence-corrected chi connectivity index (χ0v) is 15.2. The van der Waals surface area contributed by atoms with Gasteiger partial charge in [0.25, 0.3) is 5.91 Å². The highest BCUT2D eigenvalue weighted by molar-refractivity contribution is 6.35. The molecule has 5 heteroatoms. The number of hydrogen-bond donors (Lipinski definition) is 1. The number of hydrogen-bond acceptors (Lipinski definition) is 2. The number of ketones is 1. The fourth-order valence-corrected chi connectivity index (χ4v) is 2.95. The normalized spacial score (nSPS) is 10.4. The topological polar surface area (TPSA) is 46.2 Å². The molecule has 0 fully saturated rings. The van der Waals surface area contributed by atoms with Crippen LogP contribution in [0.1, 0.15) is 31.8 Å². The molecule has 3 nitrogen and oxygen atoms in total. The summed E-state index contributed by atoms with van der Waals surface area (Å²) in [6.45, 7) is 0.291. The van der Waals surface area contributed by atoms with E-state index in [0.717, 1.165) is 5.56 Å². The standard InChI is InChI=1S/C21H15Cl2NO2/c22-18-11-10-17(19(23)12-18)13-24-21(26)16-8-6-15(7-9-16)20(25)14-4-2-1-3-5-14/h1-12H,13H2,(H,24,26). The Labute approximate surface area is 161 Å². The van der Waals surface area contributed by atoms with Gasteiger partial charge in [0, 0.05) is 33.3 Å². The molecular formula is C21H15Cl2NO2. The van der Waals surface area contributed by atoms with Crippen LogP contribution in [-0.4, -0.2) is 11.7 Å². The van der Waals surface area contributed by atoms with E-state index in [-0.39, 0.29) is 11.7 Å². The van der Waals surface area contributed by atoms with Gasteiger partial charge in [0.1, 0.15) is 0 Å². The van der Waals surface area contributed by atoms with Crippen LogP contribution in [0, 0.1) is 0 Å². The van der Waals surface area contributed by atoms with Crippen molar-refractivity contribution in [1.82, 2.24) is 5.32 Å². The number of rotatable bonds is 5. The number of carbonyl (C=O) groups is 2. The van der Waals surface area contributed by atoms with E-state index in [9.17, 15) is 9.59 Å². The van der Waals surface area contributed by atoms with Crippen molar-refractivity contribution in [3.63, 3.8) is 0 Å². The molecule has 3 aromatic carbocycles. The van der Waals surface area contributed by atoms with Crippen LogP contribution in [0.25, 0.3) is 0 Å². The summed E-state index contributed by atoms with van der Waals surface area (Å²) in [6.07, 6.45) is 0. The summed E-state index contributed by atoms with van der Waals surface area (Å²) in [5.41, 5.74) is 2.40. The Morgan fingerprint density at radius 2 is 1.38 bits per heavy atom. The van der Waals surface area contributed by atoms with Crippen LogP contribution in [-0.2, 0) is 6.54 Å². The maximum Gasteiger partial charge on any atom is 0.251 e. The molecule has 0 radical (unpaired) electrons. The third kappa shape index (κ3) is 4.31. The molecule has 0 aliphatic carbocycles. The van der Waals surface area contributed by atoms with Crippen molar-refractivity contribution >= 4 is 34.9 Å². The zero-order valence-electron chi connectivity index (χ0n) is 13.7. The lowest BCUT2D eigenvalue weighted by atomic mass is 10.0. The molecule has 1 amide bonds. The molecule has 0 heterocycles. The maximum atomic E-state index is 12.4. The summed E-state index contributed by atoms with van der Waals surface area (Å²) in [6, 6.07) is 20.7. The number of benzene rings is 3. The van der Waals surface area contributed by atoms with Crippen molar-refractivity contribution in [2.45, 2.75) is 6.54 Å². The molecule has 130 valence electrons. The second kappa shape index (κ2) is 8.17. The molecule has 0 atom stereocenters. The second-order valence-electron chi connectivity index (χ2n) is 5.69. The van der Waals surface area contributed by atoms with Gasteiger partial charge in [-0.2, -0.15) is 0 Å². The molecule has 0 aliphatic heterocycles. The molecular weight excluding hydrogens is 369 g/mol. The van der Waals surface area contributed by atoms with E-state index < -0.39 is 0 Å². The van der Waals surface area contributed by atoms with Gasteiger partial charge in [-0.1, -0.05) is 71.7 Å². The summed E-state index contributed by atoms with van der Waals surface area (Å²) in [7, 11) is 0. The molecule has 0 aromatic heterocycles. The quantitative estimate of drug-likeness (QED) is 0.618. The molecule has 3 rings (SSSR count). The molecule has 0 unspecified atom stereocenters. The van der Waals surface area contributed by atoms with E-state index in [1.54, 1.807) is 54.6 Å². The van der Waals surface area contributed by atoms with Gasteiger partial charge < -0.3 is 5.32 Å². The lowest BCUT2D eigenvalue weighted by Crippen LogP contribution is -2.23. The SMILES string of the molecule is O=C(NCc1ccc(Cl)cc1Cl)c1ccc(C(=O)c2ccccc2)cc1. The van der Waals surface area contributed by atoms with Gasteiger partial charge in [-0.25, -0.2) is 0 Å². The minimum absolute atomic E-state index is 0.0782. The van der Waals surface area contributed by atoms with Crippen LogP contribution in [0.3, 0.4) is 0 Å². The van der Waals surface area contributed by atoms with E-state index in [4.69, 9.17) is 23.2 Å². The van der Waals surface area contributed by atoms with Crippen molar-refractivity contribution in [1.29, 1.82) is 0 Å². The minimum atomic E-state index is -0.241. The molecule has 3 aromatic rings. The number of carbonyl (C=O) groups excluding carboxylic acids is 2. The van der Waals surface area contributed by atoms with Crippen molar-refractivity contribution in [2.24, 2.45) is 0 Å². The van der Waals surface area contributed by atoms with Gasteiger partial charge in [-0.3, -0.25) is 9.59 Å². The molecule has 0 saturated heterocycles. The van der Waals surface area contributed by atoms with E-state index in [1.165, 1.54) is 0 Å². The Balaban J connectivity index is 1.66. The van der Waals surface area contributed by atoms with E-state index >= 15 is 0 Å². The predicted molar refractivity (Wildman–Crippen MR) is 104 cm³/mol. The smallest absolute Gasteiger partial charge is 0.251 e. The van der Waals surface area contributed by atoms with Crippen LogP contribution in [0.5, 0.6) is 0 Å². The van der Waals surface area contributed by atoms with Crippen molar-refractivity contribution in [3.8, 4) is 0 Å². The third-order valence-corrected chi connectivity index (χ3v) is 4.49. The molecule has 26 heavy (non-hydrogen) atoms. The minimum Gasteiger partial charge on any atom is -0.348 e. The lowest BCUT2D eigenvalue weighted by Gasteiger charge is -2.08. The average molecular weight is 384 g/mol. The Kier molecular flexibility index (Phi) is 5.71. The average Bonchev–Trinajstić information content (AvgIpc) is 2.67. The predicted octanol–water partition coefficient (Wildman–Crippen LogP) is 5.15. The van der Waals surface area contributed by atoms with Gasteiger partial charge in [0.15, 0.2) is 5.78 Å². The van der Waals surface area contributed by atoms with Crippen LogP contribution >= 0.6 is 23.2 Å². The van der Waals surface area contributed by atoms with Gasteiger partial charge in [0.2, 0.25) is 0 Å². The van der Waals surface area contributed by atoms with Crippen LogP contribution in [0.2, 0.25) is 10.0 Å². The van der Waals surface area contributed by atoms with Gasteiger partial charge in [0.05, 0.1) is 0 Å². The largest absolute Gasteiger partial charge is 0.348 e. The van der Waals surface area contributed by atoms with Crippen LogP contribution in [0.4, 0.5) is 0 Å². The summed E-state index contributed by atoms with van der Waals surface area (Å²) in [4.78, 5) is 24.7. The Hall–Kier alpha value is -2.62. The van der Waals surface area contributed by atoms with Crippen molar-refractivity contribution in [3.05, 3.63) is 105 Å². The first-order chi connectivity index (χ1) is 12.5. The first kappa shape index (κ1) is 18.2. The number of amides is 1. The molecule has 0 bridgehead atoms. The number of halogens is 2. The highest BCUT2D eigenvalue weighted by Gasteiger charge is 2.11. The molecule has 0 saturated carbocycles. The number of nitrogens with one attached hydrogen (secondary N) is 1. The highest BCUT2D eigenvalue weighted by atomic mass is 35.5. The first-order valence-corrected chi connectivity index (χ1v) is 8.72. The summed E-state index contributed by atoms with van der Waals surface area (Å²) >= 11 is 12.0. The summed E-state index contributed by atoms with van der Waals surface area (Å²) in [5.74, 6) is -0.319. The monoisotopic (exact) mass is 383 g/mol. The van der Waals surface area contributed by atoms with Crippen molar-refractivity contribution in [2.75, 3.05) is 0 Å². The Morgan fingerprint density at radius 1 is 0.769 bits per heavy atom. The Morgan fingerprint density at radius 3 is 2.04 bits per heavy atom. The fourth-order valence-electron chi connectivity index (χ4n) is 2.47. The van der Waals surface area contributed by atoms with E-state index in [1.807, 2.05) is 18.2 Å². The highest BCUT2D eigenvalue weighted by Crippen LogP contribution is 2.21. The van der Waals surface area contributed by atoms with Crippen LogP contribution in [0.15, 0.2) is 72.8 Å².